The van der Waals surface area contributed by atoms with Crippen LogP contribution >= 0.6 is 0 Å². The van der Waals surface area contributed by atoms with E-state index in [1.54, 1.807) is 6.92 Å². The van der Waals surface area contributed by atoms with Crippen LogP contribution in [0.25, 0.3) is 5.53 Å². The van der Waals surface area contributed by atoms with E-state index >= 15 is 0 Å². The number of carbonyl (C=O) groups is 2. The van der Waals surface area contributed by atoms with Crippen LogP contribution in [-0.4, -0.2) is 41.4 Å². The second kappa shape index (κ2) is 6.06. The van der Waals surface area contributed by atoms with Crippen LogP contribution in [0.15, 0.2) is 0 Å². The second-order valence-corrected chi connectivity index (χ2v) is 3.11. The van der Waals surface area contributed by atoms with E-state index in [1.807, 2.05) is 6.92 Å². The van der Waals surface area contributed by atoms with Crippen molar-refractivity contribution in [3.63, 3.8) is 0 Å². The van der Waals surface area contributed by atoms with Crippen LogP contribution in [0.2, 0.25) is 0 Å². The fourth-order valence-electron chi connectivity index (χ4n) is 0.848. The van der Waals surface area contributed by atoms with Crippen molar-refractivity contribution in [3.8, 4) is 0 Å². The van der Waals surface area contributed by atoms with Crippen molar-refractivity contribution >= 4 is 17.4 Å². The van der Waals surface area contributed by atoms with E-state index in [-0.39, 0.29) is 5.92 Å². The zero-order chi connectivity index (χ0) is 12.0. The molecule has 0 unspecified atom stereocenters. The highest BCUT2D eigenvalue weighted by molar-refractivity contribution is 6.63. The smallest absolute Gasteiger partial charge is 0.360 e. The average molecular weight is 213 g/mol. The molecule has 0 aliphatic heterocycles. The molecule has 1 atom stereocenters. The van der Waals surface area contributed by atoms with Crippen LogP contribution in [0.3, 0.4) is 0 Å². The zero-order valence-corrected chi connectivity index (χ0v) is 9.35. The zero-order valence-electron chi connectivity index (χ0n) is 9.35. The van der Waals surface area contributed by atoms with Gasteiger partial charge in [0.05, 0.1) is 7.11 Å². The van der Waals surface area contributed by atoms with E-state index in [4.69, 9.17) is 5.53 Å². The van der Waals surface area contributed by atoms with Gasteiger partial charge in [-0.05, 0) is 6.42 Å². The highest BCUT2D eigenvalue weighted by Gasteiger charge is 2.35. The molecule has 0 N–H and O–H groups in total. The topological polar surface area (TPSA) is 83.0 Å². The molecule has 0 rings (SSSR count). The first-order chi connectivity index (χ1) is 6.99. The number of nitrogens with zero attached hydrogens (tertiary/aromatic N) is 3. The normalized spacial score (nSPS) is 11.5. The van der Waals surface area contributed by atoms with Gasteiger partial charge in [-0.15, -0.1) is 0 Å². The van der Waals surface area contributed by atoms with Crippen molar-refractivity contribution in [2.75, 3.05) is 14.2 Å². The lowest BCUT2D eigenvalue weighted by Crippen LogP contribution is -2.39. The van der Waals surface area contributed by atoms with Gasteiger partial charge in [-0.25, -0.2) is 5.06 Å². The summed E-state index contributed by atoms with van der Waals surface area (Å²) in [6.45, 7) is 3.47. The summed E-state index contributed by atoms with van der Waals surface area (Å²) in [4.78, 5) is 30.3. The van der Waals surface area contributed by atoms with Gasteiger partial charge in [0, 0.05) is 13.0 Å². The highest BCUT2D eigenvalue weighted by Crippen LogP contribution is 2.04. The summed E-state index contributed by atoms with van der Waals surface area (Å²) in [6, 6.07) is 0. The number of hydroxylamine groups is 2. The van der Waals surface area contributed by atoms with Crippen LogP contribution in [-0.2, 0) is 14.4 Å². The van der Waals surface area contributed by atoms with Crippen molar-refractivity contribution in [1.29, 1.82) is 0 Å². The molecule has 1 amide bonds. The number of hydrogen-bond donors (Lipinski definition) is 0. The van der Waals surface area contributed by atoms with E-state index in [0.29, 0.717) is 6.42 Å². The molecule has 0 radical (unpaired) electrons. The monoisotopic (exact) mass is 213 g/mol. The lowest BCUT2D eigenvalue weighted by molar-refractivity contribution is -0.165. The van der Waals surface area contributed by atoms with E-state index < -0.39 is 17.4 Å². The quantitative estimate of drug-likeness (QED) is 0.216. The van der Waals surface area contributed by atoms with Crippen LogP contribution in [0, 0.1) is 5.92 Å². The van der Waals surface area contributed by atoms with E-state index in [0.717, 1.165) is 5.06 Å². The Morgan fingerprint density at radius 3 is 2.40 bits per heavy atom. The summed E-state index contributed by atoms with van der Waals surface area (Å²) in [5, 5.41) is 0.829. The summed E-state index contributed by atoms with van der Waals surface area (Å²) in [6.07, 6.45) is 0.571. The minimum atomic E-state index is -0.759. The molecule has 0 aliphatic carbocycles. The van der Waals surface area contributed by atoms with Crippen molar-refractivity contribution in [2.24, 2.45) is 5.92 Å². The minimum absolute atomic E-state index is 0.356. The van der Waals surface area contributed by atoms with Crippen molar-refractivity contribution in [3.05, 3.63) is 5.53 Å². The Morgan fingerprint density at radius 2 is 2.07 bits per heavy atom. The molecule has 0 fully saturated rings. The molecule has 0 aromatic rings. The maximum absolute atomic E-state index is 11.6. The lowest BCUT2D eigenvalue weighted by Gasteiger charge is -2.10. The summed E-state index contributed by atoms with van der Waals surface area (Å²) in [5.41, 5.74) is 8.11. The first-order valence-electron chi connectivity index (χ1n) is 4.57. The Balaban J connectivity index is 4.88. The molecule has 6 heteroatoms. The van der Waals surface area contributed by atoms with E-state index in [1.165, 1.54) is 14.2 Å². The highest BCUT2D eigenvalue weighted by atomic mass is 16.7. The maximum atomic E-state index is 11.6. The predicted octanol–water partition coefficient (Wildman–Crippen LogP) is 0.292. The Morgan fingerprint density at radius 1 is 1.53 bits per heavy atom. The molecule has 0 saturated carbocycles. The first kappa shape index (κ1) is 13.5. The first-order valence-corrected chi connectivity index (χ1v) is 4.57. The molecule has 0 spiro atoms. The molecule has 0 aromatic carbocycles. The fraction of sp³-hybridized carbons (Fsp3) is 0.667. The molecule has 0 aliphatic rings. The number of hydrogen-bond acceptors (Lipinski definition) is 3. The standard InChI is InChI=1S/C9H15N3O3/c1-5-6(2)8(13)7(11-10)9(14)12(3)15-4/h6H,5H2,1-4H3/t6-/m0/s1. The van der Waals surface area contributed by atoms with Crippen molar-refractivity contribution < 1.29 is 19.2 Å². The van der Waals surface area contributed by atoms with E-state index in [9.17, 15) is 9.59 Å². The van der Waals surface area contributed by atoms with Crippen LogP contribution in [0.1, 0.15) is 20.3 Å². The van der Waals surface area contributed by atoms with Gasteiger partial charge < -0.3 is 5.53 Å². The molecular formula is C9H15N3O3. The number of carbonyl (C=O) groups excluding carboxylic acids is 2. The molecule has 0 heterocycles. The Hall–Kier alpha value is -1.52. The van der Waals surface area contributed by atoms with Crippen LogP contribution in [0.4, 0.5) is 0 Å². The van der Waals surface area contributed by atoms with E-state index in [2.05, 4.69) is 9.63 Å². The number of rotatable bonds is 5. The molecule has 0 saturated heterocycles. The van der Waals surface area contributed by atoms with Gasteiger partial charge in [0.25, 0.3) is 5.78 Å². The third kappa shape index (κ3) is 3.27. The lowest BCUT2D eigenvalue weighted by atomic mass is 9.99. The van der Waals surface area contributed by atoms with Gasteiger partial charge in [0.15, 0.2) is 0 Å². The van der Waals surface area contributed by atoms with Crippen LogP contribution in [0.5, 0.6) is 0 Å². The predicted molar refractivity (Wildman–Crippen MR) is 52.9 cm³/mol. The molecule has 15 heavy (non-hydrogen) atoms. The number of ketones is 1. The summed E-state index contributed by atoms with van der Waals surface area (Å²) >= 11 is 0. The Labute approximate surface area is 88.4 Å². The second-order valence-electron chi connectivity index (χ2n) is 3.11. The SMILES string of the molecule is CC[C@H](C)C(=O)C(=[N+]=[N-])C(=O)N(C)OC. The molecule has 0 aromatic heterocycles. The number of amides is 1. The minimum Gasteiger partial charge on any atom is -0.360 e. The third-order valence-corrected chi connectivity index (χ3v) is 2.16. The van der Waals surface area contributed by atoms with Gasteiger partial charge in [-0.3, -0.25) is 14.4 Å². The third-order valence-electron chi connectivity index (χ3n) is 2.16. The summed E-state index contributed by atoms with van der Waals surface area (Å²) < 4.78 is 0. The largest absolute Gasteiger partial charge is 0.424 e. The summed E-state index contributed by atoms with van der Waals surface area (Å²) in [5.74, 6) is -1.61. The fourth-order valence-corrected chi connectivity index (χ4v) is 0.848. The molecular weight excluding hydrogens is 198 g/mol. The molecule has 0 bridgehead atoms. The molecule has 6 nitrogen and oxygen atoms in total. The number of Topliss-reactive ketones (excluding diaryl/α,β-unsaturated/α-hetero) is 1. The van der Waals surface area contributed by atoms with Crippen molar-refractivity contribution in [1.82, 2.24) is 5.06 Å². The van der Waals surface area contributed by atoms with Gasteiger partial charge in [0.1, 0.15) is 0 Å². The Kier molecular flexibility index (Phi) is 5.44. The maximum Gasteiger partial charge on any atom is 0.424 e. The summed E-state index contributed by atoms with van der Waals surface area (Å²) in [7, 11) is 2.61. The van der Waals surface area contributed by atoms with Gasteiger partial charge in [-0.2, -0.15) is 4.79 Å². The van der Waals surface area contributed by atoms with Gasteiger partial charge in [0.2, 0.25) is 0 Å². The Bertz CT molecular complexity index is 284. The van der Waals surface area contributed by atoms with Crippen LogP contribution < -0.4 is 0 Å². The van der Waals surface area contributed by atoms with Gasteiger partial charge >= 0.3 is 11.6 Å². The molecule has 84 valence electrons. The van der Waals surface area contributed by atoms with Gasteiger partial charge in [-0.1, -0.05) is 13.8 Å². The van der Waals surface area contributed by atoms with Crippen molar-refractivity contribution in [2.45, 2.75) is 20.3 Å². The average Bonchev–Trinajstić information content (AvgIpc) is 2.27.